The summed E-state index contributed by atoms with van der Waals surface area (Å²) in [4.78, 5) is 28.6. The SMILES string of the molecule is CCC1CN(CC(=O)N2CCN(c3ncnc4ccccc34)CC2)Cc2cc(OC)ccc2O1. The van der Waals surface area contributed by atoms with Gasteiger partial charge in [-0.1, -0.05) is 19.1 Å². The summed E-state index contributed by atoms with van der Waals surface area (Å²) >= 11 is 0. The first-order chi connectivity index (χ1) is 16.6. The van der Waals surface area contributed by atoms with Gasteiger partial charge in [-0.05, 0) is 36.8 Å². The molecule has 1 amide bonds. The van der Waals surface area contributed by atoms with Crippen LogP contribution in [-0.4, -0.2) is 78.2 Å². The molecule has 1 saturated heterocycles. The van der Waals surface area contributed by atoms with E-state index < -0.39 is 0 Å². The zero-order chi connectivity index (χ0) is 23.5. The van der Waals surface area contributed by atoms with Crippen molar-refractivity contribution in [3.8, 4) is 11.5 Å². The predicted octanol–water partition coefficient (Wildman–Crippen LogP) is 2.96. The van der Waals surface area contributed by atoms with Gasteiger partial charge in [0.15, 0.2) is 0 Å². The van der Waals surface area contributed by atoms with E-state index in [4.69, 9.17) is 9.47 Å². The number of piperazine rings is 1. The van der Waals surface area contributed by atoms with Gasteiger partial charge in [-0.15, -0.1) is 0 Å². The summed E-state index contributed by atoms with van der Waals surface area (Å²) < 4.78 is 11.6. The fourth-order valence-corrected chi connectivity index (χ4v) is 4.77. The van der Waals surface area contributed by atoms with Gasteiger partial charge in [0.25, 0.3) is 0 Å². The van der Waals surface area contributed by atoms with E-state index in [1.807, 2.05) is 41.3 Å². The highest BCUT2D eigenvalue weighted by Crippen LogP contribution is 2.30. The minimum absolute atomic E-state index is 0.0605. The summed E-state index contributed by atoms with van der Waals surface area (Å²) in [5, 5.41) is 1.05. The lowest BCUT2D eigenvalue weighted by molar-refractivity contribution is -0.133. The first-order valence-electron chi connectivity index (χ1n) is 11.9. The number of methoxy groups -OCH3 is 1. The molecule has 8 heteroatoms. The molecule has 8 nitrogen and oxygen atoms in total. The van der Waals surface area contributed by atoms with Crippen LogP contribution in [0.1, 0.15) is 18.9 Å². The smallest absolute Gasteiger partial charge is 0.236 e. The third-order valence-electron chi connectivity index (χ3n) is 6.68. The maximum atomic E-state index is 13.2. The van der Waals surface area contributed by atoms with Crippen molar-refractivity contribution in [1.82, 2.24) is 19.8 Å². The van der Waals surface area contributed by atoms with Crippen LogP contribution >= 0.6 is 0 Å². The lowest BCUT2D eigenvalue weighted by Gasteiger charge is -2.36. The number of benzene rings is 2. The zero-order valence-corrected chi connectivity index (χ0v) is 19.8. The summed E-state index contributed by atoms with van der Waals surface area (Å²) in [6.07, 6.45) is 2.57. The summed E-state index contributed by atoms with van der Waals surface area (Å²) in [7, 11) is 1.67. The largest absolute Gasteiger partial charge is 0.497 e. The Morgan fingerprint density at radius 1 is 1.12 bits per heavy atom. The summed E-state index contributed by atoms with van der Waals surface area (Å²) in [6, 6.07) is 14.0. The number of hydrogen-bond acceptors (Lipinski definition) is 7. The number of aromatic nitrogens is 2. The number of hydrogen-bond donors (Lipinski definition) is 0. The second-order valence-electron chi connectivity index (χ2n) is 8.87. The highest BCUT2D eigenvalue weighted by Gasteiger charge is 2.28. The van der Waals surface area contributed by atoms with Gasteiger partial charge in [-0.2, -0.15) is 0 Å². The van der Waals surface area contributed by atoms with Crippen LogP contribution in [0.2, 0.25) is 0 Å². The minimum Gasteiger partial charge on any atom is -0.497 e. The monoisotopic (exact) mass is 461 g/mol. The third-order valence-corrected chi connectivity index (χ3v) is 6.68. The van der Waals surface area contributed by atoms with E-state index in [0.29, 0.717) is 26.2 Å². The fraction of sp³-hybridized carbons (Fsp3) is 0.423. The van der Waals surface area contributed by atoms with E-state index in [0.717, 1.165) is 59.8 Å². The van der Waals surface area contributed by atoms with E-state index in [9.17, 15) is 4.79 Å². The molecule has 0 bridgehead atoms. The van der Waals surface area contributed by atoms with E-state index in [2.05, 4.69) is 32.8 Å². The van der Waals surface area contributed by atoms with Crippen molar-refractivity contribution >= 4 is 22.6 Å². The van der Waals surface area contributed by atoms with Crippen molar-refractivity contribution in [3.63, 3.8) is 0 Å². The van der Waals surface area contributed by atoms with Gasteiger partial charge in [0.05, 0.1) is 19.2 Å². The van der Waals surface area contributed by atoms with Gasteiger partial charge < -0.3 is 19.3 Å². The molecule has 2 aliphatic rings. The van der Waals surface area contributed by atoms with Crippen LogP contribution in [0.4, 0.5) is 5.82 Å². The van der Waals surface area contributed by atoms with Gasteiger partial charge in [-0.25, -0.2) is 9.97 Å². The van der Waals surface area contributed by atoms with Crippen molar-refractivity contribution in [2.75, 3.05) is 51.3 Å². The number of rotatable bonds is 5. The van der Waals surface area contributed by atoms with Crippen LogP contribution in [0.5, 0.6) is 11.5 Å². The molecule has 1 aromatic heterocycles. The maximum absolute atomic E-state index is 13.2. The summed E-state index contributed by atoms with van der Waals surface area (Å²) in [5.74, 6) is 2.79. The van der Waals surface area contributed by atoms with Crippen molar-refractivity contribution in [1.29, 1.82) is 0 Å². The number of amides is 1. The molecule has 1 atom stereocenters. The van der Waals surface area contributed by atoms with Crippen LogP contribution in [0.15, 0.2) is 48.8 Å². The lowest BCUT2D eigenvalue weighted by atomic mass is 10.1. The number of fused-ring (bicyclic) bond motifs is 2. The van der Waals surface area contributed by atoms with E-state index >= 15 is 0 Å². The number of para-hydroxylation sites is 1. The lowest BCUT2D eigenvalue weighted by Crippen LogP contribution is -2.51. The van der Waals surface area contributed by atoms with Crippen molar-refractivity contribution < 1.29 is 14.3 Å². The Morgan fingerprint density at radius 2 is 1.94 bits per heavy atom. The molecule has 1 unspecified atom stereocenters. The van der Waals surface area contributed by atoms with Crippen LogP contribution in [0.3, 0.4) is 0 Å². The molecule has 5 rings (SSSR count). The van der Waals surface area contributed by atoms with Gasteiger partial charge in [0.1, 0.15) is 29.7 Å². The molecule has 2 aromatic carbocycles. The topological polar surface area (TPSA) is 71.0 Å². The Morgan fingerprint density at radius 3 is 2.74 bits per heavy atom. The molecule has 0 radical (unpaired) electrons. The molecule has 34 heavy (non-hydrogen) atoms. The first kappa shape index (κ1) is 22.4. The van der Waals surface area contributed by atoms with Gasteiger partial charge >= 0.3 is 0 Å². The minimum atomic E-state index is 0.0605. The molecule has 3 aromatic rings. The fourth-order valence-electron chi connectivity index (χ4n) is 4.77. The van der Waals surface area contributed by atoms with Crippen LogP contribution in [0.25, 0.3) is 10.9 Å². The Kier molecular flexibility index (Phi) is 6.49. The number of carbonyl (C=O) groups is 1. The van der Waals surface area contributed by atoms with Gasteiger partial charge in [0.2, 0.25) is 5.91 Å². The predicted molar refractivity (Wildman–Crippen MR) is 131 cm³/mol. The van der Waals surface area contributed by atoms with E-state index in [-0.39, 0.29) is 12.0 Å². The molecule has 0 saturated carbocycles. The Balaban J connectivity index is 1.24. The number of ether oxygens (including phenoxy) is 2. The molecular weight excluding hydrogens is 430 g/mol. The van der Waals surface area contributed by atoms with Gasteiger partial charge in [0, 0.05) is 50.2 Å². The average molecular weight is 462 g/mol. The maximum Gasteiger partial charge on any atom is 0.236 e. The second-order valence-corrected chi connectivity index (χ2v) is 8.87. The van der Waals surface area contributed by atoms with Crippen molar-refractivity contribution in [3.05, 3.63) is 54.4 Å². The van der Waals surface area contributed by atoms with Gasteiger partial charge in [-0.3, -0.25) is 9.69 Å². The average Bonchev–Trinajstić information content (AvgIpc) is 3.06. The molecule has 0 N–H and O–H groups in total. The normalized spacial score (nSPS) is 18.8. The van der Waals surface area contributed by atoms with Crippen molar-refractivity contribution in [2.24, 2.45) is 0 Å². The summed E-state index contributed by atoms with van der Waals surface area (Å²) in [6.45, 7) is 6.78. The standard InChI is InChI=1S/C26H31N5O3/c1-3-20-16-29(15-19-14-21(33-2)8-9-24(19)34-20)17-25(32)30-10-12-31(13-11-30)26-22-6-4-5-7-23(22)27-18-28-26/h4-9,14,18,20H,3,10-13,15-17H2,1-2H3. The molecule has 1 fully saturated rings. The van der Waals surface area contributed by atoms with E-state index in [1.165, 1.54) is 0 Å². The molecule has 178 valence electrons. The zero-order valence-electron chi connectivity index (χ0n) is 19.8. The highest BCUT2D eigenvalue weighted by atomic mass is 16.5. The Hall–Kier alpha value is -3.39. The molecule has 0 aliphatic carbocycles. The van der Waals surface area contributed by atoms with Crippen LogP contribution in [-0.2, 0) is 11.3 Å². The van der Waals surface area contributed by atoms with Crippen LogP contribution < -0.4 is 14.4 Å². The Bertz CT molecular complexity index is 1160. The van der Waals surface area contributed by atoms with Crippen molar-refractivity contribution in [2.45, 2.75) is 26.0 Å². The highest BCUT2D eigenvalue weighted by molar-refractivity contribution is 5.89. The van der Waals surface area contributed by atoms with E-state index in [1.54, 1.807) is 13.4 Å². The summed E-state index contributed by atoms with van der Waals surface area (Å²) in [5.41, 5.74) is 2.00. The van der Waals surface area contributed by atoms with Crippen LogP contribution in [0, 0.1) is 0 Å². The molecule has 2 aliphatic heterocycles. The molecular formula is C26H31N5O3. The number of carbonyl (C=O) groups excluding carboxylic acids is 1. The number of anilines is 1. The third kappa shape index (κ3) is 4.63. The number of nitrogens with zero attached hydrogens (tertiary/aromatic N) is 5. The second kappa shape index (κ2) is 9.85. The molecule has 3 heterocycles. The first-order valence-corrected chi connectivity index (χ1v) is 11.9. The quantitative estimate of drug-likeness (QED) is 0.579. The molecule has 0 spiro atoms. The Labute approximate surface area is 200 Å².